The van der Waals surface area contributed by atoms with E-state index in [0.29, 0.717) is 12.5 Å². The van der Waals surface area contributed by atoms with Crippen LogP contribution in [0, 0.1) is 0 Å². The first-order chi connectivity index (χ1) is 5.27. The molecule has 0 bridgehead atoms. The summed E-state index contributed by atoms with van der Waals surface area (Å²) in [6.45, 7) is 2.46. The van der Waals surface area contributed by atoms with Gasteiger partial charge in [0.1, 0.15) is 0 Å². The number of aryl methyl sites for hydroxylation is 1. The van der Waals surface area contributed by atoms with Gasteiger partial charge in [-0.05, 0) is 12.0 Å². The van der Waals surface area contributed by atoms with Crippen LogP contribution < -0.4 is 11.5 Å². The lowest BCUT2D eigenvalue weighted by Gasteiger charge is -2.02. The summed E-state index contributed by atoms with van der Waals surface area (Å²) in [6.07, 6.45) is 2.62. The molecule has 11 heavy (non-hydrogen) atoms. The van der Waals surface area contributed by atoms with Crippen LogP contribution in [-0.2, 0) is 13.0 Å². The lowest BCUT2D eigenvalue weighted by molar-refractivity contribution is 0.915. The van der Waals surface area contributed by atoms with Gasteiger partial charge < -0.3 is 11.5 Å². The number of hydrogen-bond donors (Lipinski definition) is 2. The van der Waals surface area contributed by atoms with E-state index in [0.717, 1.165) is 17.7 Å². The van der Waals surface area contributed by atoms with Crippen molar-refractivity contribution in [1.29, 1.82) is 0 Å². The fraction of sp³-hybridized carbons (Fsp3) is 0.429. The van der Waals surface area contributed by atoms with Crippen molar-refractivity contribution in [3.63, 3.8) is 0 Å². The third-order valence-electron chi connectivity index (χ3n) is 1.55. The van der Waals surface area contributed by atoms with Crippen molar-refractivity contribution in [2.24, 2.45) is 5.73 Å². The van der Waals surface area contributed by atoms with Crippen LogP contribution in [0.2, 0.25) is 0 Å². The molecule has 0 aliphatic carbocycles. The zero-order valence-electron chi connectivity index (χ0n) is 6.54. The molecular weight excluding hydrogens is 140 g/mol. The van der Waals surface area contributed by atoms with Gasteiger partial charge in [0.2, 0.25) is 5.95 Å². The minimum absolute atomic E-state index is 0.294. The molecule has 1 aromatic heterocycles. The first-order valence-electron chi connectivity index (χ1n) is 3.58. The highest BCUT2D eigenvalue weighted by molar-refractivity contribution is 5.24. The van der Waals surface area contributed by atoms with E-state index in [1.807, 2.05) is 6.92 Å². The monoisotopic (exact) mass is 152 g/mol. The first-order valence-corrected chi connectivity index (χ1v) is 3.58. The fourth-order valence-corrected chi connectivity index (χ4v) is 0.930. The Balaban J connectivity index is 3.06. The molecule has 0 saturated carbocycles. The maximum absolute atomic E-state index is 5.45. The number of anilines is 1. The number of rotatable bonds is 2. The van der Waals surface area contributed by atoms with Gasteiger partial charge in [0.25, 0.3) is 0 Å². The minimum Gasteiger partial charge on any atom is -0.368 e. The average molecular weight is 152 g/mol. The van der Waals surface area contributed by atoms with Crippen molar-refractivity contribution in [1.82, 2.24) is 9.97 Å². The molecule has 0 saturated heterocycles. The van der Waals surface area contributed by atoms with Gasteiger partial charge in [-0.2, -0.15) is 0 Å². The van der Waals surface area contributed by atoms with Crippen LogP contribution in [0.25, 0.3) is 0 Å². The standard InChI is InChI=1S/C7H12N4/c1-2-5-4-10-7(9)11-6(5)3-8/h4H,2-3,8H2,1H3,(H2,9,10,11). The van der Waals surface area contributed by atoms with Crippen molar-refractivity contribution in [2.45, 2.75) is 19.9 Å². The van der Waals surface area contributed by atoms with Gasteiger partial charge in [0.15, 0.2) is 0 Å². The third-order valence-corrected chi connectivity index (χ3v) is 1.55. The van der Waals surface area contributed by atoms with Crippen LogP contribution in [0.15, 0.2) is 6.20 Å². The second-order valence-corrected chi connectivity index (χ2v) is 2.26. The quantitative estimate of drug-likeness (QED) is 0.629. The number of nitrogens with zero attached hydrogens (tertiary/aromatic N) is 2. The van der Waals surface area contributed by atoms with E-state index in [1.54, 1.807) is 6.20 Å². The second-order valence-electron chi connectivity index (χ2n) is 2.26. The molecule has 0 spiro atoms. The van der Waals surface area contributed by atoms with Gasteiger partial charge in [-0.3, -0.25) is 0 Å². The van der Waals surface area contributed by atoms with Crippen molar-refractivity contribution in [3.05, 3.63) is 17.5 Å². The predicted molar refractivity (Wildman–Crippen MR) is 43.7 cm³/mol. The summed E-state index contributed by atoms with van der Waals surface area (Å²) in [6, 6.07) is 0. The molecule has 0 aliphatic heterocycles. The van der Waals surface area contributed by atoms with Crippen molar-refractivity contribution in [2.75, 3.05) is 5.73 Å². The van der Waals surface area contributed by atoms with E-state index in [1.165, 1.54) is 0 Å². The Morgan fingerprint density at radius 1 is 1.55 bits per heavy atom. The first kappa shape index (κ1) is 7.94. The maximum atomic E-state index is 5.45. The Kier molecular flexibility index (Phi) is 2.38. The summed E-state index contributed by atoms with van der Waals surface area (Å²) in [7, 11) is 0. The minimum atomic E-state index is 0.294. The molecule has 0 aliphatic rings. The molecule has 0 fully saturated rings. The normalized spacial score (nSPS) is 10.0. The van der Waals surface area contributed by atoms with Gasteiger partial charge >= 0.3 is 0 Å². The molecule has 1 rings (SSSR count). The van der Waals surface area contributed by atoms with Crippen LogP contribution in [0.1, 0.15) is 18.2 Å². The largest absolute Gasteiger partial charge is 0.368 e. The van der Waals surface area contributed by atoms with Gasteiger partial charge in [0.05, 0.1) is 5.69 Å². The highest BCUT2D eigenvalue weighted by Crippen LogP contribution is 2.05. The van der Waals surface area contributed by atoms with E-state index in [4.69, 9.17) is 11.5 Å². The molecular formula is C7H12N4. The molecule has 1 aromatic rings. The Bertz CT molecular complexity index is 246. The molecule has 4 heteroatoms. The predicted octanol–water partition coefficient (Wildman–Crippen LogP) is 0.0799. The summed E-state index contributed by atoms with van der Waals surface area (Å²) in [5.41, 5.74) is 12.7. The van der Waals surface area contributed by atoms with Gasteiger partial charge in [-0.25, -0.2) is 9.97 Å². The smallest absolute Gasteiger partial charge is 0.220 e. The lowest BCUT2D eigenvalue weighted by Crippen LogP contribution is -2.07. The molecule has 0 unspecified atom stereocenters. The summed E-state index contributed by atoms with van der Waals surface area (Å²) in [4.78, 5) is 7.87. The number of nitrogens with two attached hydrogens (primary N) is 2. The molecule has 4 nitrogen and oxygen atoms in total. The summed E-state index contributed by atoms with van der Waals surface area (Å²) in [5.74, 6) is 0.294. The molecule has 0 amide bonds. The molecule has 0 aromatic carbocycles. The maximum Gasteiger partial charge on any atom is 0.220 e. The van der Waals surface area contributed by atoms with Gasteiger partial charge in [0, 0.05) is 12.7 Å². The molecule has 0 atom stereocenters. The van der Waals surface area contributed by atoms with Crippen LogP contribution in [-0.4, -0.2) is 9.97 Å². The van der Waals surface area contributed by atoms with Crippen LogP contribution in [0.4, 0.5) is 5.95 Å². The van der Waals surface area contributed by atoms with Crippen molar-refractivity contribution in [3.8, 4) is 0 Å². The zero-order chi connectivity index (χ0) is 8.27. The fourth-order valence-electron chi connectivity index (χ4n) is 0.930. The Morgan fingerprint density at radius 3 is 2.82 bits per heavy atom. The number of aromatic nitrogens is 2. The van der Waals surface area contributed by atoms with E-state index in [9.17, 15) is 0 Å². The van der Waals surface area contributed by atoms with Gasteiger partial charge in [-0.1, -0.05) is 6.92 Å². The van der Waals surface area contributed by atoms with E-state index < -0.39 is 0 Å². The van der Waals surface area contributed by atoms with Crippen LogP contribution in [0.3, 0.4) is 0 Å². The Hall–Kier alpha value is -1.16. The highest BCUT2D eigenvalue weighted by atomic mass is 15.0. The van der Waals surface area contributed by atoms with Crippen molar-refractivity contribution >= 4 is 5.95 Å². The van der Waals surface area contributed by atoms with E-state index >= 15 is 0 Å². The number of nitrogen functional groups attached to an aromatic ring is 1. The van der Waals surface area contributed by atoms with E-state index in [2.05, 4.69) is 9.97 Å². The van der Waals surface area contributed by atoms with Crippen molar-refractivity contribution < 1.29 is 0 Å². The van der Waals surface area contributed by atoms with Gasteiger partial charge in [-0.15, -0.1) is 0 Å². The second kappa shape index (κ2) is 3.30. The Labute approximate surface area is 65.6 Å². The summed E-state index contributed by atoms with van der Waals surface area (Å²) < 4.78 is 0. The SMILES string of the molecule is CCc1cnc(N)nc1CN. The van der Waals surface area contributed by atoms with E-state index in [-0.39, 0.29) is 0 Å². The topological polar surface area (TPSA) is 77.8 Å². The number of hydrogen-bond acceptors (Lipinski definition) is 4. The highest BCUT2D eigenvalue weighted by Gasteiger charge is 2.00. The average Bonchev–Trinajstić information content (AvgIpc) is 2.04. The lowest BCUT2D eigenvalue weighted by atomic mass is 10.2. The summed E-state index contributed by atoms with van der Waals surface area (Å²) >= 11 is 0. The van der Waals surface area contributed by atoms with Crippen LogP contribution >= 0.6 is 0 Å². The third kappa shape index (κ3) is 1.65. The molecule has 60 valence electrons. The molecule has 4 N–H and O–H groups in total. The molecule has 1 heterocycles. The molecule has 0 radical (unpaired) electrons. The Morgan fingerprint density at radius 2 is 2.27 bits per heavy atom. The summed E-state index contributed by atoms with van der Waals surface area (Å²) in [5, 5.41) is 0. The van der Waals surface area contributed by atoms with Crippen LogP contribution in [0.5, 0.6) is 0 Å². The zero-order valence-corrected chi connectivity index (χ0v) is 6.54.